The predicted octanol–water partition coefficient (Wildman–Crippen LogP) is 5.75. The van der Waals surface area contributed by atoms with Crippen LogP contribution in [-0.2, 0) is 17.6 Å². The van der Waals surface area contributed by atoms with Gasteiger partial charge in [-0.2, -0.15) is 0 Å². The lowest BCUT2D eigenvalue weighted by atomic mass is 9.91. The van der Waals surface area contributed by atoms with Crippen LogP contribution >= 0.6 is 8.58 Å². The van der Waals surface area contributed by atoms with Crippen LogP contribution in [0.2, 0.25) is 0 Å². The van der Waals surface area contributed by atoms with E-state index in [9.17, 15) is 4.39 Å². The standard InChI is InChI=1S/C30H31FNO2P/c1-32-20-26-19-27(31)13-14-28(26)35-29-18-24(15-22-9-5-3-6-10-22)17-25(30(29)34-21-33-2)16-23-11-7-4-8-12-23/h3-9,11-14,17-20,22,35H,10,15-16,21H2,1-2H3/b32-20+. The number of nitrogens with zero attached hydrogens (tertiary/aromatic N) is 1. The summed E-state index contributed by atoms with van der Waals surface area (Å²) in [5.74, 6) is 1.06. The minimum atomic E-state index is -0.264. The maximum atomic E-state index is 14.0. The maximum Gasteiger partial charge on any atom is 0.188 e. The molecule has 0 N–H and O–H groups in total. The summed E-state index contributed by atoms with van der Waals surface area (Å²) in [6.07, 6.45) is 13.2. The topological polar surface area (TPSA) is 30.8 Å². The third kappa shape index (κ3) is 6.97. The predicted molar refractivity (Wildman–Crippen MR) is 146 cm³/mol. The zero-order chi connectivity index (χ0) is 24.5. The minimum Gasteiger partial charge on any atom is -0.467 e. The summed E-state index contributed by atoms with van der Waals surface area (Å²) in [7, 11) is 3.62. The Bertz CT molecular complexity index is 1220. The molecule has 0 spiro atoms. The van der Waals surface area contributed by atoms with Crippen LogP contribution in [0.25, 0.3) is 0 Å². The number of ether oxygens (including phenoxy) is 2. The highest BCUT2D eigenvalue weighted by Gasteiger charge is 2.17. The van der Waals surface area contributed by atoms with Gasteiger partial charge in [-0.1, -0.05) is 75.3 Å². The Labute approximate surface area is 209 Å². The number of allylic oxidation sites excluding steroid dienone is 4. The summed E-state index contributed by atoms with van der Waals surface area (Å²) >= 11 is 0. The Hall–Kier alpha value is -3.07. The number of benzene rings is 3. The number of halogens is 1. The van der Waals surface area contributed by atoms with Gasteiger partial charge in [0.25, 0.3) is 0 Å². The fourth-order valence-electron chi connectivity index (χ4n) is 4.33. The minimum absolute atomic E-state index is 0.168. The first kappa shape index (κ1) is 25.0. The quantitative estimate of drug-likeness (QED) is 0.207. The Morgan fingerprint density at radius 1 is 1.03 bits per heavy atom. The van der Waals surface area contributed by atoms with Crippen LogP contribution in [0.3, 0.4) is 0 Å². The lowest BCUT2D eigenvalue weighted by molar-refractivity contribution is 0.0513. The molecule has 3 nitrogen and oxygen atoms in total. The molecule has 0 radical (unpaired) electrons. The van der Waals surface area contributed by atoms with Gasteiger partial charge < -0.3 is 9.47 Å². The highest BCUT2D eigenvalue weighted by atomic mass is 31.1. The molecular weight excluding hydrogens is 456 g/mol. The van der Waals surface area contributed by atoms with Crippen molar-refractivity contribution in [3.05, 3.63) is 113 Å². The van der Waals surface area contributed by atoms with Crippen LogP contribution < -0.4 is 15.3 Å². The van der Waals surface area contributed by atoms with Crippen molar-refractivity contribution in [1.29, 1.82) is 0 Å². The highest BCUT2D eigenvalue weighted by molar-refractivity contribution is 7.56. The van der Waals surface area contributed by atoms with Gasteiger partial charge in [-0.05, 0) is 59.0 Å². The van der Waals surface area contributed by atoms with Gasteiger partial charge in [0.1, 0.15) is 11.6 Å². The van der Waals surface area contributed by atoms with E-state index in [0.717, 1.165) is 46.7 Å². The van der Waals surface area contributed by atoms with E-state index in [2.05, 4.69) is 65.7 Å². The Morgan fingerprint density at radius 3 is 2.63 bits per heavy atom. The first-order valence-corrected chi connectivity index (χ1v) is 12.8. The summed E-state index contributed by atoms with van der Waals surface area (Å²) in [6, 6.07) is 19.9. The third-order valence-electron chi connectivity index (χ3n) is 5.90. The molecule has 0 saturated carbocycles. The molecule has 2 unspecified atom stereocenters. The van der Waals surface area contributed by atoms with Gasteiger partial charge in [-0.15, -0.1) is 0 Å². The Morgan fingerprint density at radius 2 is 1.89 bits per heavy atom. The fourth-order valence-corrected chi connectivity index (χ4v) is 5.67. The molecule has 0 saturated heterocycles. The summed E-state index contributed by atoms with van der Waals surface area (Å²) in [5.41, 5.74) is 4.43. The van der Waals surface area contributed by atoms with Crippen LogP contribution in [0.1, 0.15) is 28.7 Å². The molecule has 180 valence electrons. The second-order valence-electron chi connectivity index (χ2n) is 8.60. The van der Waals surface area contributed by atoms with Gasteiger partial charge in [-0.25, -0.2) is 4.39 Å². The Kier molecular flexibility index (Phi) is 9.00. The van der Waals surface area contributed by atoms with E-state index in [4.69, 9.17) is 9.47 Å². The zero-order valence-electron chi connectivity index (χ0n) is 20.2. The van der Waals surface area contributed by atoms with Crippen molar-refractivity contribution in [2.45, 2.75) is 19.3 Å². The lowest BCUT2D eigenvalue weighted by Crippen LogP contribution is -2.17. The summed E-state index contributed by atoms with van der Waals surface area (Å²) in [6.45, 7) is 0.168. The number of hydrogen-bond donors (Lipinski definition) is 0. The van der Waals surface area contributed by atoms with E-state index in [1.165, 1.54) is 17.2 Å². The lowest BCUT2D eigenvalue weighted by Gasteiger charge is -2.20. The largest absolute Gasteiger partial charge is 0.467 e. The van der Waals surface area contributed by atoms with Gasteiger partial charge in [-0.3, -0.25) is 4.99 Å². The van der Waals surface area contributed by atoms with Crippen molar-refractivity contribution in [2.24, 2.45) is 10.9 Å². The van der Waals surface area contributed by atoms with Gasteiger partial charge in [0.2, 0.25) is 0 Å². The average Bonchev–Trinajstić information content (AvgIpc) is 2.87. The molecule has 1 aliphatic carbocycles. The van der Waals surface area contributed by atoms with Crippen molar-refractivity contribution in [2.75, 3.05) is 21.0 Å². The van der Waals surface area contributed by atoms with Gasteiger partial charge in [0.15, 0.2) is 6.79 Å². The SMILES string of the molecule is C/N=C/c1cc(F)ccc1Pc1cc(CC2C=CC=CC2)cc(Cc2ccccc2)c1OCOC. The van der Waals surface area contributed by atoms with Crippen molar-refractivity contribution < 1.29 is 13.9 Å². The average molecular weight is 488 g/mol. The zero-order valence-corrected chi connectivity index (χ0v) is 21.2. The normalized spacial score (nSPS) is 15.5. The van der Waals surface area contributed by atoms with Gasteiger partial charge in [0.05, 0.1) is 0 Å². The van der Waals surface area contributed by atoms with E-state index in [1.807, 2.05) is 12.1 Å². The summed E-state index contributed by atoms with van der Waals surface area (Å²) in [5, 5.41) is 2.13. The van der Waals surface area contributed by atoms with E-state index in [-0.39, 0.29) is 21.2 Å². The van der Waals surface area contributed by atoms with Crippen molar-refractivity contribution in [1.82, 2.24) is 0 Å². The number of methoxy groups -OCH3 is 1. The Balaban J connectivity index is 1.78. The van der Waals surface area contributed by atoms with E-state index in [1.54, 1.807) is 26.4 Å². The fraction of sp³-hybridized carbons (Fsp3) is 0.233. The van der Waals surface area contributed by atoms with E-state index < -0.39 is 0 Å². The molecule has 5 heteroatoms. The molecule has 0 bridgehead atoms. The smallest absolute Gasteiger partial charge is 0.188 e. The summed E-state index contributed by atoms with van der Waals surface area (Å²) in [4.78, 5) is 4.14. The molecule has 35 heavy (non-hydrogen) atoms. The highest BCUT2D eigenvalue weighted by Crippen LogP contribution is 2.30. The second kappa shape index (κ2) is 12.6. The van der Waals surface area contributed by atoms with Gasteiger partial charge >= 0.3 is 0 Å². The van der Waals surface area contributed by atoms with E-state index >= 15 is 0 Å². The molecule has 0 aliphatic heterocycles. The second-order valence-corrected chi connectivity index (χ2v) is 9.93. The number of rotatable bonds is 10. The van der Waals surface area contributed by atoms with Crippen molar-refractivity contribution >= 4 is 25.4 Å². The molecule has 2 atom stereocenters. The van der Waals surface area contributed by atoms with Crippen molar-refractivity contribution in [3.63, 3.8) is 0 Å². The van der Waals surface area contributed by atoms with Crippen LogP contribution in [0.5, 0.6) is 5.75 Å². The molecule has 3 aromatic carbocycles. The molecule has 0 amide bonds. The molecule has 0 aromatic heterocycles. The number of hydrogen-bond acceptors (Lipinski definition) is 3. The first-order chi connectivity index (χ1) is 17.2. The van der Waals surface area contributed by atoms with E-state index in [0.29, 0.717) is 5.92 Å². The van der Waals surface area contributed by atoms with Crippen LogP contribution in [0, 0.1) is 11.7 Å². The maximum absolute atomic E-state index is 14.0. The third-order valence-corrected chi connectivity index (χ3v) is 7.27. The van der Waals surface area contributed by atoms with Gasteiger partial charge in [0, 0.05) is 37.7 Å². The van der Waals surface area contributed by atoms with Crippen LogP contribution in [0.15, 0.2) is 90.0 Å². The molecular formula is C30H31FNO2P. The molecule has 1 aliphatic rings. The first-order valence-electron chi connectivity index (χ1n) is 11.8. The van der Waals surface area contributed by atoms with Crippen LogP contribution in [0.4, 0.5) is 4.39 Å². The van der Waals surface area contributed by atoms with Crippen LogP contribution in [-0.4, -0.2) is 27.2 Å². The monoisotopic (exact) mass is 487 g/mol. The molecule has 0 heterocycles. The molecule has 3 aromatic rings. The molecule has 0 fully saturated rings. The number of aliphatic imine (C=N–C) groups is 1. The van der Waals surface area contributed by atoms with Crippen molar-refractivity contribution in [3.8, 4) is 5.75 Å². The summed E-state index contributed by atoms with van der Waals surface area (Å²) < 4.78 is 25.4. The molecule has 4 rings (SSSR count).